The zero-order valence-electron chi connectivity index (χ0n) is 14.7. The van der Waals surface area contributed by atoms with Gasteiger partial charge in [0.2, 0.25) is 6.34 Å². The first-order valence-electron chi connectivity index (χ1n) is 7.96. The minimum atomic E-state index is -6.00. The predicted molar refractivity (Wildman–Crippen MR) is 90.3 cm³/mol. The lowest BCUT2D eigenvalue weighted by molar-refractivity contribution is -0.509. The highest BCUT2D eigenvalue weighted by Crippen LogP contribution is 2.32. The van der Waals surface area contributed by atoms with Gasteiger partial charge < -0.3 is 17.3 Å². The third-order valence-corrected chi connectivity index (χ3v) is 3.85. The molecule has 0 N–H and O–H groups in total. The van der Waals surface area contributed by atoms with E-state index in [0.29, 0.717) is 6.54 Å². The van der Waals surface area contributed by atoms with Crippen LogP contribution >= 0.6 is 0 Å². The molecule has 0 spiro atoms. The van der Waals surface area contributed by atoms with E-state index in [1.54, 1.807) is 15.8 Å². The second-order valence-corrected chi connectivity index (χ2v) is 6.61. The Labute approximate surface area is 155 Å². The highest BCUT2D eigenvalue weighted by molar-refractivity contribution is 6.50. The fourth-order valence-corrected chi connectivity index (χ4v) is 2.76. The fraction of sp³-hybridized carbons (Fsp3) is 0.235. The first kappa shape index (κ1) is 21.7. The van der Waals surface area contributed by atoms with Crippen LogP contribution < -0.4 is 4.90 Å². The average Bonchev–Trinajstić information content (AvgIpc) is 2.81. The minimum Gasteiger partial charge on any atom is -0.418 e. The van der Waals surface area contributed by atoms with Gasteiger partial charge in [0, 0.05) is 12.1 Å². The molecule has 152 valence electrons. The number of benzene rings is 2. The molecule has 0 unspecified atom stereocenters. The predicted octanol–water partition coefficient (Wildman–Crippen LogP) is 5.51. The van der Waals surface area contributed by atoms with Gasteiger partial charge in [0.15, 0.2) is 23.0 Å². The number of halogens is 8. The van der Waals surface area contributed by atoms with Gasteiger partial charge in [-0.25, -0.2) is 27.0 Å². The number of anilines is 1. The SMILES string of the molecule is CC1(C)CN(c2ccc(F)cc2F)C=[N+]1c1ccc(F)cc1F.F[B-](F)(F)F. The van der Waals surface area contributed by atoms with Crippen LogP contribution in [0.5, 0.6) is 0 Å². The summed E-state index contributed by atoms with van der Waals surface area (Å²) in [7, 11) is -6.00. The smallest absolute Gasteiger partial charge is 0.418 e. The van der Waals surface area contributed by atoms with Crippen LogP contribution in [0.4, 0.5) is 46.2 Å². The Morgan fingerprint density at radius 1 is 0.857 bits per heavy atom. The second kappa shape index (κ2) is 7.80. The highest BCUT2D eigenvalue weighted by atomic mass is 19.5. The Morgan fingerprint density at radius 2 is 1.36 bits per heavy atom. The molecule has 2 nitrogen and oxygen atoms in total. The van der Waals surface area contributed by atoms with Gasteiger partial charge in [0.25, 0.3) is 0 Å². The summed E-state index contributed by atoms with van der Waals surface area (Å²) in [5, 5.41) is 0. The zero-order chi connectivity index (χ0) is 21.3. The molecule has 1 aliphatic rings. The number of rotatable bonds is 2. The molecule has 3 rings (SSSR count). The highest BCUT2D eigenvalue weighted by Gasteiger charge is 2.41. The van der Waals surface area contributed by atoms with E-state index < -0.39 is 36.1 Å². The Balaban J connectivity index is 0.000000500. The van der Waals surface area contributed by atoms with Crippen LogP contribution in [0.25, 0.3) is 0 Å². The minimum absolute atomic E-state index is 0.196. The first-order chi connectivity index (χ1) is 12.8. The second-order valence-electron chi connectivity index (χ2n) is 6.61. The Bertz CT molecular complexity index is 889. The molecule has 0 fully saturated rings. The number of hydrogen-bond donors (Lipinski definition) is 0. The van der Waals surface area contributed by atoms with Crippen LogP contribution in [0.15, 0.2) is 36.4 Å². The molecule has 0 radical (unpaired) electrons. The monoisotopic (exact) mass is 410 g/mol. The van der Waals surface area contributed by atoms with Crippen LogP contribution in [0, 0.1) is 23.3 Å². The maximum atomic E-state index is 14.1. The van der Waals surface area contributed by atoms with E-state index in [-0.39, 0.29) is 11.4 Å². The van der Waals surface area contributed by atoms with E-state index in [1.807, 2.05) is 13.8 Å². The van der Waals surface area contributed by atoms with Crippen molar-refractivity contribution in [2.75, 3.05) is 11.4 Å². The van der Waals surface area contributed by atoms with Gasteiger partial charge in [0.1, 0.15) is 23.7 Å². The molecule has 0 amide bonds. The van der Waals surface area contributed by atoms with Gasteiger partial charge in [-0.15, -0.1) is 0 Å². The lowest BCUT2D eigenvalue weighted by atomic mass is 10.0. The van der Waals surface area contributed by atoms with Crippen LogP contribution in [0.2, 0.25) is 0 Å². The summed E-state index contributed by atoms with van der Waals surface area (Å²) in [5.74, 6) is -2.72. The van der Waals surface area contributed by atoms with Gasteiger partial charge >= 0.3 is 7.25 Å². The van der Waals surface area contributed by atoms with E-state index in [9.17, 15) is 34.8 Å². The maximum absolute atomic E-state index is 14.1. The van der Waals surface area contributed by atoms with Gasteiger partial charge in [-0.1, -0.05) is 0 Å². The molecular formula is C17H15BF8N2. The third kappa shape index (κ3) is 5.46. The number of hydrogen-bond acceptors (Lipinski definition) is 1. The first-order valence-corrected chi connectivity index (χ1v) is 7.96. The van der Waals surface area contributed by atoms with Crippen molar-refractivity contribution in [2.24, 2.45) is 0 Å². The Hall–Kier alpha value is -2.59. The van der Waals surface area contributed by atoms with Gasteiger partial charge in [0.05, 0.1) is 0 Å². The van der Waals surface area contributed by atoms with Crippen molar-refractivity contribution >= 4 is 25.0 Å². The molecule has 0 saturated carbocycles. The summed E-state index contributed by atoms with van der Waals surface area (Å²) in [4.78, 5) is 1.58. The largest absolute Gasteiger partial charge is 0.673 e. The van der Waals surface area contributed by atoms with Crippen molar-refractivity contribution in [1.29, 1.82) is 0 Å². The molecule has 11 heteroatoms. The normalized spacial score (nSPS) is 15.8. The zero-order valence-corrected chi connectivity index (χ0v) is 14.7. The summed E-state index contributed by atoms with van der Waals surface area (Å²) < 4.78 is 94.8. The van der Waals surface area contributed by atoms with E-state index in [4.69, 9.17) is 0 Å². The van der Waals surface area contributed by atoms with Gasteiger partial charge in [-0.05, 0) is 38.1 Å². The molecular weight excluding hydrogens is 395 g/mol. The van der Waals surface area contributed by atoms with E-state index in [0.717, 1.165) is 12.1 Å². The summed E-state index contributed by atoms with van der Waals surface area (Å²) in [6, 6.07) is 6.62. The van der Waals surface area contributed by atoms with Crippen LogP contribution in [-0.2, 0) is 0 Å². The van der Waals surface area contributed by atoms with Crippen LogP contribution in [0.3, 0.4) is 0 Å². The molecule has 0 aliphatic carbocycles. The van der Waals surface area contributed by atoms with Crippen molar-refractivity contribution in [3.63, 3.8) is 0 Å². The quantitative estimate of drug-likeness (QED) is 0.360. The van der Waals surface area contributed by atoms with Crippen molar-refractivity contribution in [1.82, 2.24) is 0 Å². The van der Waals surface area contributed by atoms with E-state index in [1.165, 1.54) is 24.3 Å². The molecule has 28 heavy (non-hydrogen) atoms. The molecule has 0 atom stereocenters. The van der Waals surface area contributed by atoms with Crippen molar-refractivity contribution in [3.8, 4) is 0 Å². The van der Waals surface area contributed by atoms with Gasteiger partial charge in [-0.3, -0.25) is 0 Å². The Kier molecular flexibility index (Phi) is 6.05. The van der Waals surface area contributed by atoms with E-state index in [2.05, 4.69) is 0 Å². The summed E-state index contributed by atoms with van der Waals surface area (Å²) in [5.41, 5.74) is -0.162. The molecule has 2 aromatic carbocycles. The molecule has 2 aromatic rings. The van der Waals surface area contributed by atoms with Crippen molar-refractivity contribution < 1.29 is 39.4 Å². The molecule has 1 aliphatic heterocycles. The van der Waals surface area contributed by atoms with Gasteiger partial charge in [-0.2, -0.15) is 0 Å². The number of nitrogens with zero attached hydrogens (tertiary/aromatic N) is 2. The molecule has 0 aromatic heterocycles. The molecule has 0 saturated heterocycles. The van der Waals surface area contributed by atoms with Crippen LogP contribution in [-0.4, -0.2) is 30.3 Å². The van der Waals surface area contributed by atoms with Crippen molar-refractivity contribution in [2.45, 2.75) is 19.4 Å². The van der Waals surface area contributed by atoms with E-state index >= 15 is 0 Å². The summed E-state index contributed by atoms with van der Waals surface area (Å²) in [6.45, 7) is 4.08. The third-order valence-electron chi connectivity index (χ3n) is 3.85. The van der Waals surface area contributed by atoms with Crippen LogP contribution in [0.1, 0.15) is 13.8 Å². The standard InChI is InChI=1S/C17H15F4N2.BF4/c1-17(2)9-22(15-5-3-11(18)7-13(15)20)10-23(17)16-6-4-12(19)8-14(16)21;2-1(3,4)5/h3-8,10H,9H2,1-2H3;/q+1;-1. The Morgan fingerprint density at radius 3 is 1.86 bits per heavy atom. The average molecular weight is 410 g/mol. The maximum Gasteiger partial charge on any atom is 0.673 e. The summed E-state index contributed by atoms with van der Waals surface area (Å²) in [6.07, 6.45) is 1.55. The van der Waals surface area contributed by atoms with Crippen molar-refractivity contribution in [3.05, 3.63) is 59.7 Å². The molecule has 1 heterocycles. The lowest BCUT2D eigenvalue weighted by Crippen LogP contribution is -2.35. The molecule has 0 bridgehead atoms. The topological polar surface area (TPSA) is 6.25 Å². The lowest BCUT2D eigenvalue weighted by Gasteiger charge is -2.19. The summed E-state index contributed by atoms with van der Waals surface area (Å²) >= 11 is 0. The fourth-order valence-electron chi connectivity index (χ4n) is 2.76.